The van der Waals surface area contributed by atoms with Crippen LogP contribution in [0.2, 0.25) is 0 Å². The van der Waals surface area contributed by atoms with Crippen LogP contribution in [0.3, 0.4) is 0 Å². The van der Waals surface area contributed by atoms with E-state index < -0.39 is 0 Å². The molecule has 0 unspecified atom stereocenters. The van der Waals surface area contributed by atoms with Crippen molar-refractivity contribution in [2.24, 2.45) is 0 Å². The summed E-state index contributed by atoms with van der Waals surface area (Å²) in [5.74, 6) is 0.119. The molecule has 26 heavy (non-hydrogen) atoms. The molecule has 1 fully saturated rings. The molecule has 1 aliphatic heterocycles. The summed E-state index contributed by atoms with van der Waals surface area (Å²) in [4.78, 5) is 25.0. The van der Waals surface area contributed by atoms with Crippen molar-refractivity contribution in [3.8, 4) is 11.1 Å². The van der Waals surface area contributed by atoms with E-state index in [-0.39, 0.29) is 24.4 Å². The van der Waals surface area contributed by atoms with E-state index in [0.29, 0.717) is 29.3 Å². The predicted octanol–water partition coefficient (Wildman–Crippen LogP) is 2.66. The van der Waals surface area contributed by atoms with Gasteiger partial charge >= 0.3 is 0 Å². The second kappa shape index (κ2) is 7.78. The van der Waals surface area contributed by atoms with E-state index in [1.54, 1.807) is 34.2 Å². The van der Waals surface area contributed by atoms with Gasteiger partial charge in [-0.2, -0.15) is 0 Å². The van der Waals surface area contributed by atoms with Crippen LogP contribution in [0.5, 0.6) is 0 Å². The molecule has 0 saturated carbocycles. The van der Waals surface area contributed by atoms with Crippen molar-refractivity contribution in [1.29, 1.82) is 0 Å². The zero-order valence-corrected chi connectivity index (χ0v) is 15.3. The number of aromatic nitrogens is 2. The van der Waals surface area contributed by atoms with Gasteiger partial charge < -0.3 is 14.5 Å². The highest BCUT2D eigenvalue weighted by molar-refractivity contribution is 5.79. The van der Waals surface area contributed by atoms with Gasteiger partial charge in [-0.05, 0) is 18.9 Å². The number of rotatable bonds is 5. The third-order valence-corrected chi connectivity index (χ3v) is 4.53. The van der Waals surface area contributed by atoms with Gasteiger partial charge in [-0.15, -0.1) is 0 Å². The van der Waals surface area contributed by atoms with E-state index in [1.165, 1.54) is 13.2 Å². The van der Waals surface area contributed by atoms with Gasteiger partial charge in [0, 0.05) is 45.1 Å². The molecule has 0 N–H and O–H groups in total. The summed E-state index contributed by atoms with van der Waals surface area (Å²) in [5, 5.41) is 0. The van der Waals surface area contributed by atoms with E-state index in [2.05, 4.69) is 9.97 Å². The first-order valence-corrected chi connectivity index (χ1v) is 8.60. The summed E-state index contributed by atoms with van der Waals surface area (Å²) in [7, 11) is 5.21. The van der Waals surface area contributed by atoms with E-state index in [4.69, 9.17) is 4.74 Å². The molecule has 0 bridgehead atoms. The molecule has 3 rings (SSSR count). The fraction of sp³-hybridized carbons (Fsp3) is 0.421. The Balaban J connectivity index is 2.10. The Kier molecular flexibility index (Phi) is 5.46. The molecule has 7 heteroatoms. The minimum atomic E-state index is -0.331. The van der Waals surface area contributed by atoms with Crippen molar-refractivity contribution in [3.63, 3.8) is 0 Å². The molecule has 0 spiro atoms. The van der Waals surface area contributed by atoms with Crippen LogP contribution in [-0.2, 0) is 9.53 Å². The molecule has 1 aromatic carbocycles. The normalized spacial score (nSPS) is 16.8. The van der Waals surface area contributed by atoms with Crippen LogP contribution in [0.25, 0.3) is 11.1 Å². The molecule has 1 saturated heterocycles. The average Bonchev–Trinajstić information content (AvgIpc) is 3.11. The van der Waals surface area contributed by atoms with Crippen LogP contribution in [-0.4, -0.2) is 55.1 Å². The van der Waals surface area contributed by atoms with Crippen molar-refractivity contribution in [2.45, 2.75) is 18.9 Å². The monoisotopic (exact) mass is 358 g/mol. The molecule has 2 heterocycles. The van der Waals surface area contributed by atoms with Gasteiger partial charge in [0.15, 0.2) is 0 Å². The minimum Gasteiger partial charge on any atom is -0.375 e. The lowest BCUT2D eigenvalue weighted by atomic mass is 9.99. The Hall–Kier alpha value is -2.54. The average molecular weight is 358 g/mol. The van der Waals surface area contributed by atoms with Crippen molar-refractivity contribution in [1.82, 2.24) is 14.9 Å². The van der Waals surface area contributed by atoms with Crippen LogP contribution in [0.4, 0.5) is 10.3 Å². The predicted molar refractivity (Wildman–Crippen MR) is 97.3 cm³/mol. The number of halogens is 1. The largest absolute Gasteiger partial charge is 0.375 e. The van der Waals surface area contributed by atoms with Gasteiger partial charge in [-0.25, -0.2) is 14.4 Å². The first-order chi connectivity index (χ1) is 12.5. The van der Waals surface area contributed by atoms with Gasteiger partial charge in [0.1, 0.15) is 12.4 Å². The number of ether oxygens (including phenoxy) is 1. The second-order valence-electron chi connectivity index (χ2n) is 6.52. The summed E-state index contributed by atoms with van der Waals surface area (Å²) in [5.41, 5.74) is 1.74. The molecular formula is C19H23FN4O2. The quantitative estimate of drug-likeness (QED) is 0.822. The maximum absolute atomic E-state index is 14.4. The maximum Gasteiger partial charge on any atom is 0.249 e. The molecule has 2 aromatic rings. The SMILES string of the molecule is COCC(=O)N1CCC[C@@H]1c1nc(N(C)C)ncc1-c1ccccc1F. The number of carbonyl (C=O) groups excluding carboxylic acids is 1. The lowest BCUT2D eigenvalue weighted by Gasteiger charge is -2.26. The lowest BCUT2D eigenvalue weighted by molar-refractivity contribution is -0.136. The van der Waals surface area contributed by atoms with Crippen LogP contribution >= 0.6 is 0 Å². The zero-order chi connectivity index (χ0) is 18.7. The maximum atomic E-state index is 14.4. The zero-order valence-electron chi connectivity index (χ0n) is 15.3. The Morgan fingerprint density at radius 2 is 2.12 bits per heavy atom. The number of amides is 1. The molecule has 1 aromatic heterocycles. The van der Waals surface area contributed by atoms with Gasteiger partial charge in [0.05, 0.1) is 11.7 Å². The van der Waals surface area contributed by atoms with Gasteiger partial charge in [0.2, 0.25) is 11.9 Å². The highest BCUT2D eigenvalue weighted by Crippen LogP contribution is 2.37. The third kappa shape index (κ3) is 3.53. The Morgan fingerprint density at radius 3 is 2.81 bits per heavy atom. The number of likely N-dealkylation sites (tertiary alicyclic amines) is 1. The fourth-order valence-electron chi connectivity index (χ4n) is 3.30. The van der Waals surface area contributed by atoms with Crippen LogP contribution in [0.15, 0.2) is 30.5 Å². The van der Waals surface area contributed by atoms with Crippen molar-refractivity contribution >= 4 is 11.9 Å². The van der Waals surface area contributed by atoms with Crippen molar-refractivity contribution in [2.75, 3.05) is 39.3 Å². The topological polar surface area (TPSA) is 58.6 Å². The molecule has 1 aliphatic rings. The first-order valence-electron chi connectivity index (χ1n) is 8.60. The Labute approximate surface area is 152 Å². The Morgan fingerprint density at radius 1 is 1.35 bits per heavy atom. The van der Waals surface area contributed by atoms with Gasteiger partial charge in [0.25, 0.3) is 0 Å². The van der Waals surface area contributed by atoms with Crippen LogP contribution < -0.4 is 4.90 Å². The summed E-state index contributed by atoms with van der Waals surface area (Å²) in [6.45, 7) is 0.669. The minimum absolute atomic E-state index is 0.0250. The van der Waals surface area contributed by atoms with E-state index in [9.17, 15) is 9.18 Å². The number of hydrogen-bond acceptors (Lipinski definition) is 5. The molecule has 6 nitrogen and oxygen atoms in total. The summed E-state index contributed by atoms with van der Waals surface area (Å²) in [6.07, 6.45) is 3.30. The molecule has 0 radical (unpaired) electrons. The fourth-order valence-corrected chi connectivity index (χ4v) is 3.30. The van der Waals surface area contributed by atoms with Crippen LogP contribution in [0.1, 0.15) is 24.6 Å². The van der Waals surface area contributed by atoms with E-state index in [0.717, 1.165) is 12.8 Å². The number of methoxy groups -OCH3 is 1. The summed E-state index contributed by atoms with van der Waals surface area (Å²) in [6, 6.07) is 6.35. The summed E-state index contributed by atoms with van der Waals surface area (Å²) < 4.78 is 19.4. The molecule has 0 aliphatic carbocycles. The molecular weight excluding hydrogens is 335 g/mol. The van der Waals surface area contributed by atoms with Crippen molar-refractivity contribution in [3.05, 3.63) is 42.0 Å². The van der Waals surface area contributed by atoms with E-state index in [1.807, 2.05) is 14.1 Å². The molecule has 1 atom stereocenters. The highest BCUT2D eigenvalue weighted by Gasteiger charge is 2.33. The standard InChI is InChI=1S/C19H23FN4O2/c1-23(2)19-21-11-14(13-7-4-5-8-15(13)20)18(22-19)16-9-6-10-24(16)17(25)12-26-3/h4-5,7-8,11,16H,6,9-10,12H2,1-3H3/t16-/m1/s1. The molecule has 1 amide bonds. The second-order valence-corrected chi connectivity index (χ2v) is 6.52. The van der Waals surface area contributed by atoms with E-state index >= 15 is 0 Å². The smallest absolute Gasteiger partial charge is 0.249 e. The summed E-state index contributed by atoms with van der Waals surface area (Å²) >= 11 is 0. The number of benzene rings is 1. The third-order valence-electron chi connectivity index (χ3n) is 4.53. The lowest BCUT2D eigenvalue weighted by Crippen LogP contribution is -2.34. The highest BCUT2D eigenvalue weighted by atomic mass is 19.1. The van der Waals surface area contributed by atoms with Gasteiger partial charge in [-0.1, -0.05) is 18.2 Å². The van der Waals surface area contributed by atoms with Gasteiger partial charge in [-0.3, -0.25) is 4.79 Å². The number of hydrogen-bond donors (Lipinski definition) is 0. The Bertz CT molecular complexity index is 797. The molecule has 138 valence electrons. The number of carbonyl (C=O) groups is 1. The number of nitrogens with zero attached hydrogens (tertiary/aromatic N) is 4. The van der Waals surface area contributed by atoms with Crippen molar-refractivity contribution < 1.29 is 13.9 Å². The first kappa shape index (κ1) is 18.3. The number of anilines is 1. The van der Waals surface area contributed by atoms with Crippen LogP contribution in [0, 0.1) is 5.82 Å².